The van der Waals surface area contributed by atoms with Gasteiger partial charge in [-0.05, 0) is 24.6 Å². The third kappa shape index (κ3) is 1.63. The molecule has 0 bridgehead atoms. The van der Waals surface area contributed by atoms with Gasteiger partial charge >= 0.3 is 0 Å². The maximum absolute atomic E-state index is 12.3. The van der Waals surface area contributed by atoms with Crippen LogP contribution in [0.15, 0.2) is 29.4 Å². The molecule has 2 rings (SSSR count). The lowest BCUT2D eigenvalue weighted by Gasteiger charge is -2.34. The molecule has 0 aliphatic carbocycles. The van der Waals surface area contributed by atoms with Crippen molar-refractivity contribution in [3.05, 3.63) is 40.3 Å². The minimum Gasteiger partial charge on any atom is -0.492 e. The Morgan fingerprint density at radius 2 is 2.29 bits per heavy atom. The predicted molar refractivity (Wildman–Crippen MR) is 59.8 cm³/mol. The monoisotopic (exact) mass is 233 g/mol. The molecule has 88 valence electrons. The van der Waals surface area contributed by atoms with Crippen LogP contribution >= 0.6 is 0 Å². The Kier molecular flexibility index (Phi) is 2.75. The van der Waals surface area contributed by atoms with Gasteiger partial charge in [0.25, 0.3) is 0 Å². The number of para-hydroxylation sites is 1. The van der Waals surface area contributed by atoms with E-state index in [1.807, 2.05) is 0 Å². The van der Waals surface area contributed by atoms with Crippen LogP contribution in [0.5, 0.6) is 5.75 Å². The Morgan fingerprint density at radius 1 is 1.59 bits per heavy atom. The number of ether oxygens (including phenoxy) is 1. The molecule has 0 saturated carbocycles. The van der Waals surface area contributed by atoms with E-state index >= 15 is 0 Å². The molecule has 0 amide bonds. The van der Waals surface area contributed by atoms with E-state index in [9.17, 15) is 9.90 Å². The summed E-state index contributed by atoms with van der Waals surface area (Å²) in [5.41, 5.74) is 7.30. The number of carbonyl (C=O) groups is 1. The number of hydrogen-bond acceptors (Lipinski definition) is 4. The summed E-state index contributed by atoms with van der Waals surface area (Å²) in [5.74, 6) is 0.0362. The molecule has 0 radical (unpaired) electrons. The van der Waals surface area contributed by atoms with E-state index in [0.717, 1.165) is 0 Å². The molecule has 6 heteroatoms. The molecular weight excluding hydrogens is 222 g/mol. The quantitative estimate of drug-likeness (QED) is 0.478. The van der Waals surface area contributed by atoms with Gasteiger partial charge in [-0.25, -0.2) is 0 Å². The van der Waals surface area contributed by atoms with Crippen molar-refractivity contribution in [3.63, 3.8) is 0 Å². The average Bonchev–Trinajstić information content (AvgIpc) is 2.33. The number of benzene rings is 1. The topological polar surface area (TPSA) is 95.3 Å². The van der Waals surface area contributed by atoms with Gasteiger partial charge in [-0.1, -0.05) is 17.2 Å². The summed E-state index contributed by atoms with van der Waals surface area (Å²) >= 11 is 0. The van der Waals surface area contributed by atoms with Crippen LogP contribution in [0.3, 0.4) is 0 Å². The van der Waals surface area contributed by atoms with Gasteiger partial charge in [-0.3, -0.25) is 4.79 Å². The minimum absolute atomic E-state index is 0.148. The van der Waals surface area contributed by atoms with Gasteiger partial charge < -0.3 is 9.84 Å². The van der Waals surface area contributed by atoms with Crippen LogP contribution in [0.25, 0.3) is 10.4 Å². The van der Waals surface area contributed by atoms with Gasteiger partial charge in [-0.2, -0.15) is 0 Å². The van der Waals surface area contributed by atoms with Crippen LogP contribution in [0.2, 0.25) is 0 Å². The van der Waals surface area contributed by atoms with E-state index in [2.05, 4.69) is 10.0 Å². The van der Waals surface area contributed by atoms with Gasteiger partial charge in [0.1, 0.15) is 12.4 Å². The summed E-state index contributed by atoms with van der Waals surface area (Å²) in [6.07, 6.45) is -1.11. The fourth-order valence-corrected chi connectivity index (χ4v) is 1.81. The molecule has 2 atom stereocenters. The number of hydrogen-bond donors (Lipinski definition) is 1. The molecule has 17 heavy (non-hydrogen) atoms. The Bertz CT molecular complexity index is 508. The van der Waals surface area contributed by atoms with Gasteiger partial charge in [0.05, 0.1) is 11.7 Å². The molecule has 1 aliphatic rings. The lowest BCUT2D eigenvalue weighted by Crippen LogP contribution is -2.53. The Hall–Kier alpha value is -2.04. The fraction of sp³-hybridized carbons (Fsp3) is 0.364. The van der Waals surface area contributed by atoms with E-state index in [1.165, 1.54) is 6.92 Å². The lowest BCUT2D eigenvalue weighted by atomic mass is 9.84. The summed E-state index contributed by atoms with van der Waals surface area (Å²) in [7, 11) is 0. The van der Waals surface area contributed by atoms with E-state index in [1.54, 1.807) is 24.3 Å². The van der Waals surface area contributed by atoms with E-state index < -0.39 is 17.4 Å². The maximum atomic E-state index is 12.3. The van der Waals surface area contributed by atoms with Crippen molar-refractivity contribution in [1.29, 1.82) is 0 Å². The molecule has 0 unspecified atom stereocenters. The Morgan fingerprint density at radius 3 is 2.94 bits per heavy atom. The van der Waals surface area contributed by atoms with Gasteiger partial charge in [0.15, 0.2) is 11.3 Å². The zero-order chi connectivity index (χ0) is 12.5. The predicted octanol–water partition coefficient (Wildman–Crippen LogP) is 1.69. The highest BCUT2D eigenvalue weighted by Gasteiger charge is 2.47. The molecule has 0 saturated heterocycles. The second-order valence-electron chi connectivity index (χ2n) is 3.90. The number of azide groups is 1. The first kappa shape index (κ1) is 11.4. The van der Waals surface area contributed by atoms with Crippen LogP contribution < -0.4 is 4.74 Å². The minimum atomic E-state index is -1.57. The van der Waals surface area contributed by atoms with Crippen molar-refractivity contribution in [2.75, 3.05) is 6.61 Å². The molecule has 1 aromatic rings. The average molecular weight is 233 g/mol. The van der Waals surface area contributed by atoms with Crippen molar-refractivity contribution in [2.45, 2.75) is 18.6 Å². The number of rotatable bonds is 2. The van der Waals surface area contributed by atoms with Crippen molar-refractivity contribution >= 4 is 5.78 Å². The number of aliphatic hydroxyl groups excluding tert-OH is 1. The molecule has 0 spiro atoms. The normalized spacial score (nSPS) is 24.2. The molecule has 1 N–H and O–H groups in total. The summed E-state index contributed by atoms with van der Waals surface area (Å²) in [5, 5.41) is 13.1. The molecule has 0 fully saturated rings. The number of nitrogens with zero attached hydrogens (tertiary/aromatic N) is 3. The highest BCUT2D eigenvalue weighted by atomic mass is 16.5. The first-order valence-corrected chi connectivity index (χ1v) is 5.13. The van der Waals surface area contributed by atoms with Crippen LogP contribution in [0, 0.1) is 0 Å². The standard InChI is InChI=1S/C11H11N3O3/c1-7(15)11(13-14-12)6-17-9-5-3-2-4-8(9)10(11)16/h2-5,7,15H,6H2,1H3/t7-,11+/m0/s1. The largest absolute Gasteiger partial charge is 0.492 e. The van der Waals surface area contributed by atoms with E-state index in [0.29, 0.717) is 11.3 Å². The fourth-order valence-electron chi connectivity index (χ4n) is 1.81. The van der Waals surface area contributed by atoms with Crippen LogP contribution in [0.4, 0.5) is 0 Å². The molecular formula is C11H11N3O3. The molecule has 1 aromatic carbocycles. The van der Waals surface area contributed by atoms with Crippen molar-refractivity contribution in [1.82, 2.24) is 0 Å². The van der Waals surface area contributed by atoms with Gasteiger partial charge in [0.2, 0.25) is 0 Å². The van der Waals surface area contributed by atoms with E-state index in [4.69, 9.17) is 10.3 Å². The first-order chi connectivity index (χ1) is 8.12. The van der Waals surface area contributed by atoms with Crippen molar-refractivity contribution in [3.8, 4) is 5.75 Å². The third-order valence-electron chi connectivity index (χ3n) is 2.89. The maximum Gasteiger partial charge on any atom is 0.184 e. The summed E-state index contributed by atoms with van der Waals surface area (Å²) in [4.78, 5) is 14.9. The zero-order valence-electron chi connectivity index (χ0n) is 9.20. The molecule has 1 aliphatic heterocycles. The second kappa shape index (κ2) is 4.08. The number of Topliss-reactive ketones (excluding diaryl/α,β-unsaturated/α-hetero) is 1. The number of ketones is 1. The first-order valence-electron chi connectivity index (χ1n) is 5.13. The van der Waals surface area contributed by atoms with Crippen molar-refractivity contribution in [2.24, 2.45) is 5.11 Å². The lowest BCUT2D eigenvalue weighted by molar-refractivity contribution is 0.0415. The van der Waals surface area contributed by atoms with Crippen LogP contribution in [-0.2, 0) is 0 Å². The number of fused-ring (bicyclic) bond motifs is 1. The summed E-state index contributed by atoms with van der Waals surface area (Å²) in [6.45, 7) is 1.26. The number of aliphatic hydroxyl groups is 1. The Labute approximate surface area is 97.5 Å². The summed E-state index contributed by atoms with van der Waals surface area (Å²) < 4.78 is 5.38. The smallest absolute Gasteiger partial charge is 0.184 e. The van der Waals surface area contributed by atoms with E-state index in [-0.39, 0.29) is 6.61 Å². The summed E-state index contributed by atoms with van der Waals surface area (Å²) in [6, 6.07) is 6.68. The molecule has 0 aromatic heterocycles. The zero-order valence-corrected chi connectivity index (χ0v) is 9.20. The molecule has 6 nitrogen and oxygen atoms in total. The van der Waals surface area contributed by atoms with Gasteiger partial charge in [0, 0.05) is 4.91 Å². The SMILES string of the molecule is C[C@H](O)[C@]1(N=[N+]=[N-])COc2ccccc2C1=O. The molecule has 1 heterocycles. The number of carbonyl (C=O) groups excluding carboxylic acids is 1. The van der Waals surface area contributed by atoms with Crippen LogP contribution in [0.1, 0.15) is 17.3 Å². The highest BCUT2D eigenvalue weighted by Crippen LogP contribution is 2.33. The van der Waals surface area contributed by atoms with Crippen molar-refractivity contribution < 1.29 is 14.6 Å². The third-order valence-corrected chi connectivity index (χ3v) is 2.89. The van der Waals surface area contributed by atoms with Gasteiger partial charge in [-0.15, -0.1) is 0 Å². The Balaban J connectivity index is 2.55. The van der Waals surface area contributed by atoms with Crippen LogP contribution in [-0.4, -0.2) is 29.1 Å². The highest BCUT2D eigenvalue weighted by molar-refractivity contribution is 6.07. The second-order valence-corrected chi connectivity index (χ2v) is 3.90.